The number of anilines is 1. The average molecular weight is 211 g/mol. The highest BCUT2D eigenvalue weighted by atomic mass is 32.1. The van der Waals surface area contributed by atoms with Gasteiger partial charge in [0, 0.05) is 11.1 Å². The van der Waals surface area contributed by atoms with Crippen LogP contribution in [0.3, 0.4) is 0 Å². The average Bonchev–Trinajstić information content (AvgIpc) is 2.69. The van der Waals surface area contributed by atoms with Crippen LogP contribution in [0.15, 0.2) is 11.6 Å². The summed E-state index contributed by atoms with van der Waals surface area (Å²) in [5, 5.41) is 4.51. The van der Waals surface area contributed by atoms with Gasteiger partial charge in [0.2, 0.25) is 0 Å². The Balaban J connectivity index is 2.31. The second-order valence-corrected chi connectivity index (χ2v) is 3.61. The van der Waals surface area contributed by atoms with Crippen molar-refractivity contribution in [2.75, 3.05) is 12.4 Å². The Hall–Kier alpha value is -1.56. The first kappa shape index (κ1) is 9.01. The van der Waals surface area contributed by atoms with Crippen LogP contribution in [0.4, 0.5) is 10.6 Å². The number of nitrogens with one attached hydrogen (secondary N) is 1. The van der Waals surface area contributed by atoms with Crippen molar-refractivity contribution in [3.63, 3.8) is 0 Å². The number of hydrogen-bond acceptors (Lipinski definition) is 4. The lowest BCUT2D eigenvalue weighted by molar-refractivity contribution is 0.187. The molecule has 0 aliphatic heterocycles. The van der Waals surface area contributed by atoms with E-state index in [4.69, 9.17) is 0 Å². The van der Waals surface area contributed by atoms with Gasteiger partial charge in [0.1, 0.15) is 0 Å². The fourth-order valence-corrected chi connectivity index (χ4v) is 1.96. The molecule has 2 aromatic heterocycles. The SMILES string of the molecule is COC(=O)Nc1cn2c(C)csc2n1. The molecule has 1 N–H and O–H groups in total. The number of imidazole rings is 1. The minimum atomic E-state index is -0.506. The number of hydrogen-bond donors (Lipinski definition) is 1. The molecule has 0 bridgehead atoms. The molecule has 2 heterocycles. The molecule has 0 aliphatic carbocycles. The molecule has 0 unspecified atom stereocenters. The molecule has 1 amide bonds. The molecule has 2 aromatic rings. The number of ether oxygens (including phenoxy) is 1. The molecule has 6 heteroatoms. The van der Waals surface area contributed by atoms with Gasteiger partial charge in [-0.25, -0.2) is 9.78 Å². The monoisotopic (exact) mass is 211 g/mol. The molecule has 5 nitrogen and oxygen atoms in total. The van der Waals surface area contributed by atoms with Gasteiger partial charge < -0.3 is 4.74 Å². The quantitative estimate of drug-likeness (QED) is 0.783. The van der Waals surface area contributed by atoms with E-state index in [1.54, 1.807) is 6.20 Å². The van der Waals surface area contributed by atoms with E-state index in [0.717, 1.165) is 10.7 Å². The molecule has 14 heavy (non-hydrogen) atoms. The van der Waals surface area contributed by atoms with Gasteiger partial charge >= 0.3 is 6.09 Å². The zero-order chi connectivity index (χ0) is 10.1. The maximum Gasteiger partial charge on any atom is 0.412 e. The van der Waals surface area contributed by atoms with Crippen LogP contribution >= 0.6 is 11.3 Å². The molecule has 0 spiro atoms. The van der Waals surface area contributed by atoms with E-state index in [1.165, 1.54) is 18.4 Å². The number of rotatable bonds is 1. The lowest BCUT2D eigenvalue weighted by atomic mass is 10.6. The van der Waals surface area contributed by atoms with Crippen molar-refractivity contribution in [3.05, 3.63) is 17.3 Å². The number of carbonyl (C=O) groups is 1. The third-order valence-corrected chi connectivity index (χ3v) is 2.76. The maximum atomic E-state index is 10.9. The molecule has 0 aromatic carbocycles. The molecule has 0 aliphatic rings. The van der Waals surface area contributed by atoms with Crippen LogP contribution < -0.4 is 5.32 Å². The summed E-state index contributed by atoms with van der Waals surface area (Å²) in [7, 11) is 1.32. The van der Waals surface area contributed by atoms with Crippen molar-refractivity contribution in [3.8, 4) is 0 Å². The Kier molecular flexibility index (Phi) is 2.12. The van der Waals surface area contributed by atoms with Crippen molar-refractivity contribution in [2.24, 2.45) is 0 Å². The predicted molar refractivity (Wildman–Crippen MR) is 53.8 cm³/mol. The van der Waals surface area contributed by atoms with Crippen LogP contribution in [0.5, 0.6) is 0 Å². The van der Waals surface area contributed by atoms with Crippen LogP contribution in [-0.2, 0) is 4.74 Å². The van der Waals surface area contributed by atoms with Crippen LogP contribution in [0.25, 0.3) is 4.96 Å². The summed E-state index contributed by atoms with van der Waals surface area (Å²) in [6.45, 7) is 1.98. The first-order valence-electron chi connectivity index (χ1n) is 3.99. The first-order valence-corrected chi connectivity index (χ1v) is 4.87. The number of nitrogens with zero attached hydrogens (tertiary/aromatic N) is 2. The van der Waals surface area contributed by atoms with E-state index in [1.807, 2.05) is 16.7 Å². The van der Waals surface area contributed by atoms with Crippen molar-refractivity contribution >= 4 is 28.2 Å². The molecular formula is C8H9N3O2S. The van der Waals surface area contributed by atoms with E-state index < -0.39 is 6.09 Å². The summed E-state index contributed by atoms with van der Waals surface area (Å²) in [5.74, 6) is 0.506. The Morgan fingerprint density at radius 1 is 1.71 bits per heavy atom. The standard InChI is InChI=1S/C8H9N3O2S/c1-5-4-14-7-9-6(3-11(5)7)10-8(12)13-2/h3-4H,1-2H3,(H,10,12). The van der Waals surface area contributed by atoms with Crippen LogP contribution in [0.1, 0.15) is 5.69 Å². The molecular weight excluding hydrogens is 202 g/mol. The number of thiazole rings is 1. The Bertz CT molecular complexity index is 474. The molecule has 0 saturated heterocycles. The lowest BCUT2D eigenvalue weighted by Gasteiger charge is -1.97. The largest absolute Gasteiger partial charge is 0.453 e. The first-order chi connectivity index (χ1) is 6.70. The highest BCUT2D eigenvalue weighted by molar-refractivity contribution is 7.15. The van der Waals surface area contributed by atoms with Gasteiger partial charge in [0.15, 0.2) is 10.8 Å². The van der Waals surface area contributed by atoms with E-state index in [9.17, 15) is 4.79 Å². The van der Waals surface area contributed by atoms with Crippen LogP contribution in [0, 0.1) is 6.92 Å². The summed E-state index contributed by atoms with van der Waals surface area (Å²) in [6, 6.07) is 0. The van der Waals surface area contributed by atoms with E-state index in [2.05, 4.69) is 15.0 Å². The molecule has 0 radical (unpaired) electrons. The van der Waals surface area contributed by atoms with Crippen molar-refractivity contribution in [1.29, 1.82) is 0 Å². The second-order valence-electron chi connectivity index (χ2n) is 2.77. The highest BCUT2D eigenvalue weighted by Gasteiger charge is 2.07. The Labute approximate surface area is 84.3 Å². The second kappa shape index (κ2) is 3.30. The van der Waals surface area contributed by atoms with Gasteiger partial charge in [0.25, 0.3) is 0 Å². The van der Waals surface area contributed by atoms with Crippen molar-refractivity contribution < 1.29 is 9.53 Å². The fraction of sp³-hybridized carbons (Fsp3) is 0.250. The normalized spacial score (nSPS) is 10.4. The molecule has 0 saturated carbocycles. The number of carbonyl (C=O) groups excluding carboxylic acids is 1. The van der Waals surface area contributed by atoms with Crippen molar-refractivity contribution in [1.82, 2.24) is 9.38 Å². The molecule has 2 rings (SSSR count). The number of aromatic nitrogens is 2. The van der Waals surface area contributed by atoms with Gasteiger partial charge in [-0.3, -0.25) is 9.72 Å². The van der Waals surface area contributed by atoms with Gasteiger partial charge in [-0.1, -0.05) is 0 Å². The number of fused-ring (bicyclic) bond motifs is 1. The third kappa shape index (κ3) is 1.44. The van der Waals surface area contributed by atoms with Gasteiger partial charge in [-0.05, 0) is 6.92 Å². The summed E-state index contributed by atoms with van der Waals surface area (Å²) in [5.41, 5.74) is 1.09. The number of aryl methyl sites for hydroxylation is 1. The van der Waals surface area contributed by atoms with Gasteiger partial charge in [-0.2, -0.15) is 0 Å². The minimum absolute atomic E-state index is 0.506. The predicted octanol–water partition coefficient (Wildman–Crippen LogP) is 1.88. The van der Waals surface area contributed by atoms with Crippen molar-refractivity contribution in [2.45, 2.75) is 6.92 Å². The molecule has 0 atom stereocenters. The lowest BCUT2D eigenvalue weighted by Crippen LogP contribution is -2.10. The van der Waals surface area contributed by atoms with E-state index >= 15 is 0 Å². The summed E-state index contributed by atoms with van der Waals surface area (Å²) in [4.78, 5) is 15.9. The third-order valence-electron chi connectivity index (χ3n) is 1.80. The smallest absolute Gasteiger partial charge is 0.412 e. The molecule has 0 fully saturated rings. The topological polar surface area (TPSA) is 55.6 Å². The summed E-state index contributed by atoms with van der Waals surface area (Å²) in [6.07, 6.45) is 1.26. The Morgan fingerprint density at radius 3 is 3.14 bits per heavy atom. The zero-order valence-corrected chi connectivity index (χ0v) is 8.59. The summed E-state index contributed by atoms with van der Waals surface area (Å²) < 4.78 is 6.37. The molecule has 74 valence electrons. The zero-order valence-electron chi connectivity index (χ0n) is 7.77. The van der Waals surface area contributed by atoms with E-state index in [0.29, 0.717) is 5.82 Å². The highest BCUT2D eigenvalue weighted by Crippen LogP contribution is 2.18. The minimum Gasteiger partial charge on any atom is -0.453 e. The maximum absolute atomic E-state index is 10.9. The fourth-order valence-electron chi connectivity index (χ4n) is 1.11. The number of methoxy groups -OCH3 is 1. The van der Waals surface area contributed by atoms with E-state index in [-0.39, 0.29) is 0 Å². The van der Waals surface area contributed by atoms with Gasteiger partial charge in [0.05, 0.1) is 13.3 Å². The van der Waals surface area contributed by atoms with Crippen LogP contribution in [-0.4, -0.2) is 22.6 Å². The Morgan fingerprint density at radius 2 is 2.50 bits per heavy atom. The number of amides is 1. The summed E-state index contributed by atoms with van der Waals surface area (Å²) >= 11 is 1.53. The van der Waals surface area contributed by atoms with Gasteiger partial charge in [-0.15, -0.1) is 11.3 Å². The van der Waals surface area contributed by atoms with Crippen LogP contribution in [0.2, 0.25) is 0 Å².